The van der Waals surface area contributed by atoms with Crippen LogP contribution in [0.3, 0.4) is 0 Å². The van der Waals surface area contributed by atoms with E-state index in [-0.39, 0.29) is 35.5 Å². The highest BCUT2D eigenvalue weighted by atomic mass is 16.5. The summed E-state index contributed by atoms with van der Waals surface area (Å²) in [6.07, 6.45) is 4.88. The monoisotopic (exact) mass is 475 g/mol. The van der Waals surface area contributed by atoms with Crippen LogP contribution in [0.1, 0.15) is 54.9 Å². The van der Waals surface area contributed by atoms with E-state index in [1.165, 1.54) is 13.6 Å². The molecule has 2 heterocycles. The number of aromatic nitrogens is 4. The number of nitrogens with one attached hydrogen (secondary N) is 1. The summed E-state index contributed by atoms with van der Waals surface area (Å²) in [5, 5.41) is 8.00. The Labute approximate surface area is 201 Å². The SMILES string of the molecule is CCCn1c(=O)c2ccc(C(=O)NC3CCCC3)cc2n2c(=O)n(Cc3cccc(OC)c3)nc12. The summed E-state index contributed by atoms with van der Waals surface area (Å²) in [6, 6.07) is 12.5. The summed E-state index contributed by atoms with van der Waals surface area (Å²) in [4.78, 5) is 39.8. The van der Waals surface area contributed by atoms with Crippen LogP contribution in [0.15, 0.2) is 52.1 Å². The maximum atomic E-state index is 13.5. The fourth-order valence-electron chi connectivity index (χ4n) is 4.87. The number of amides is 1. The molecule has 1 aliphatic carbocycles. The van der Waals surface area contributed by atoms with E-state index in [0.717, 1.165) is 31.2 Å². The van der Waals surface area contributed by atoms with Gasteiger partial charge in [0.1, 0.15) is 5.75 Å². The van der Waals surface area contributed by atoms with E-state index in [1.807, 2.05) is 31.2 Å². The van der Waals surface area contributed by atoms with Gasteiger partial charge in [0.15, 0.2) is 0 Å². The lowest BCUT2D eigenvalue weighted by molar-refractivity contribution is 0.0938. The fourth-order valence-corrected chi connectivity index (χ4v) is 4.87. The molecule has 0 aliphatic heterocycles. The maximum Gasteiger partial charge on any atom is 0.352 e. The lowest BCUT2D eigenvalue weighted by Crippen LogP contribution is -2.32. The predicted octanol–water partition coefficient (Wildman–Crippen LogP) is 2.95. The molecule has 0 unspecified atom stereocenters. The summed E-state index contributed by atoms with van der Waals surface area (Å²) in [6.45, 7) is 2.62. The van der Waals surface area contributed by atoms with Crippen molar-refractivity contribution in [2.24, 2.45) is 0 Å². The van der Waals surface area contributed by atoms with Crippen molar-refractivity contribution < 1.29 is 9.53 Å². The lowest BCUT2D eigenvalue weighted by Gasteiger charge is -2.13. The molecular formula is C26H29N5O4. The Bertz CT molecular complexity index is 1520. The van der Waals surface area contributed by atoms with Gasteiger partial charge in [-0.3, -0.25) is 14.2 Å². The fraction of sp³-hybridized carbons (Fsp3) is 0.385. The number of benzene rings is 2. The van der Waals surface area contributed by atoms with Crippen molar-refractivity contribution in [3.8, 4) is 5.75 Å². The zero-order chi connectivity index (χ0) is 24.5. The first-order valence-corrected chi connectivity index (χ1v) is 12.1. The van der Waals surface area contributed by atoms with Gasteiger partial charge in [0.05, 0.1) is 24.6 Å². The van der Waals surface area contributed by atoms with Crippen LogP contribution in [0, 0.1) is 0 Å². The molecule has 2 aromatic carbocycles. The molecule has 1 amide bonds. The highest BCUT2D eigenvalue weighted by molar-refractivity contribution is 5.98. The Morgan fingerprint density at radius 1 is 1.14 bits per heavy atom. The molecule has 5 rings (SSSR count). The first-order valence-electron chi connectivity index (χ1n) is 12.1. The van der Waals surface area contributed by atoms with Gasteiger partial charge in [-0.15, -0.1) is 5.10 Å². The molecule has 35 heavy (non-hydrogen) atoms. The van der Waals surface area contributed by atoms with E-state index in [0.29, 0.717) is 35.2 Å². The van der Waals surface area contributed by atoms with Crippen molar-refractivity contribution in [1.82, 2.24) is 24.1 Å². The number of ether oxygens (including phenoxy) is 1. The quantitative estimate of drug-likeness (QED) is 0.443. The Morgan fingerprint density at radius 3 is 2.69 bits per heavy atom. The zero-order valence-electron chi connectivity index (χ0n) is 20.0. The molecule has 1 aliphatic rings. The maximum absolute atomic E-state index is 13.5. The van der Waals surface area contributed by atoms with Gasteiger partial charge in [-0.25, -0.2) is 13.9 Å². The van der Waals surface area contributed by atoms with E-state index in [9.17, 15) is 14.4 Å². The molecule has 0 atom stereocenters. The number of aryl methyl sites for hydroxylation is 1. The second-order valence-corrected chi connectivity index (χ2v) is 9.07. The Kier molecular flexibility index (Phi) is 6.15. The molecule has 0 bridgehead atoms. The molecule has 1 fully saturated rings. The standard InChI is InChI=1S/C26H29N5O4/c1-3-13-29-24(33)21-12-11-18(23(32)27-19-8-4-5-9-19)15-22(21)31-25(29)28-30(26(31)34)16-17-7-6-10-20(14-17)35-2/h6-7,10-12,14-15,19H,3-5,8-9,13,16H2,1-2H3,(H,27,32). The van der Waals surface area contributed by atoms with Crippen LogP contribution in [-0.4, -0.2) is 37.8 Å². The Balaban J connectivity index is 1.65. The minimum Gasteiger partial charge on any atom is -0.497 e. The molecular weight excluding hydrogens is 446 g/mol. The number of hydrogen-bond acceptors (Lipinski definition) is 5. The van der Waals surface area contributed by atoms with Gasteiger partial charge >= 0.3 is 5.69 Å². The normalized spacial score (nSPS) is 14.1. The van der Waals surface area contributed by atoms with Gasteiger partial charge in [-0.1, -0.05) is 31.9 Å². The second kappa shape index (κ2) is 9.40. The van der Waals surface area contributed by atoms with Gasteiger partial charge in [0.25, 0.3) is 11.5 Å². The van der Waals surface area contributed by atoms with Crippen molar-refractivity contribution in [1.29, 1.82) is 0 Å². The third-order valence-corrected chi connectivity index (χ3v) is 6.64. The van der Waals surface area contributed by atoms with Crippen LogP contribution in [0.4, 0.5) is 0 Å². The molecule has 0 saturated heterocycles. The van der Waals surface area contributed by atoms with Crippen molar-refractivity contribution >= 4 is 22.6 Å². The van der Waals surface area contributed by atoms with Crippen LogP contribution >= 0.6 is 0 Å². The molecule has 1 N–H and O–H groups in total. The molecule has 182 valence electrons. The van der Waals surface area contributed by atoms with E-state index in [2.05, 4.69) is 10.4 Å². The number of methoxy groups -OCH3 is 1. The van der Waals surface area contributed by atoms with Crippen LogP contribution < -0.4 is 21.3 Å². The Morgan fingerprint density at radius 2 is 1.94 bits per heavy atom. The third-order valence-electron chi connectivity index (χ3n) is 6.64. The van der Waals surface area contributed by atoms with Gasteiger partial charge in [-0.05, 0) is 55.2 Å². The number of fused-ring (bicyclic) bond motifs is 3. The highest BCUT2D eigenvalue weighted by Crippen LogP contribution is 2.20. The van der Waals surface area contributed by atoms with Crippen molar-refractivity contribution in [2.45, 2.75) is 58.2 Å². The van der Waals surface area contributed by atoms with Crippen molar-refractivity contribution in [3.63, 3.8) is 0 Å². The number of carbonyl (C=O) groups is 1. The average Bonchev–Trinajstić information content (AvgIpc) is 3.49. The molecule has 0 radical (unpaired) electrons. The number of hydrogen-bond donors (Lipinski definition) is 1. The number of carbonyl (C=O) groups excluding carboxylic acids is 1. The largest absolute Gasteiger partial charge is 0.497 e. The summed E-state index contributed by atoms with van der Waals surface area (Å²) in [7, 11) is 1.59. The molecule has 1 saturated carbocycles. The summed E-state index contributed by atoms with van der Waals surface area (Å²) in [5.41, 5.74) is 1.06. The van der Waals surface area contributed by atoms with Gasteiger partial charge in [0, 0.05) is 18.2 Å². The number of rotatable bonds is 7. The van der Waals surface area contributed by atoms with E-state index < -0.39 is 0 Å². The van der Waals surface area contributed by atoms with E-state index >= 15 is 0 Å². The van der Waals surface area contributed by atoms with Gasteiger partial charge < -0.3 is 10.1 Å². The molecule has 0 spiro atoms. The second-order valence-electron chi connectivity index (χ2n) is 9.07. The highest BCUT2D eigenvalue weighted by Gasteiger charge is 2.21. The number of nitrogens with zero attached hydrogens (tertiary/aromatic N) is 4. The summed E-state index contributed by atoms with van der Waals surface area (Å²) in [5.74, 6) is 0.762. The van der Waals surface area contributed by atoms with Crippen LogP contribution in [0.5, 0.6) is 5.75 Å². The topological polar surface area (TPSA) is 99.6 Å². The van der Waals surface area contributed by atoms with Gasteiger partial charge in [-0.2, -0.15) is 0 Å². The van der Waals surface area contributed by atoms with Crippen molar-refractivity contribution in [3.05, 3.63) is 74.4 Å². The third kappa shape index (κ3) is 4.22. The first kappa shape index (κ1) is 22.9. The lowest BCUT2D eigenvalue weighted by atomic mass is 10.1. The van der Waals surface area contributed by atoms with Crippen LogP contribution in [0.25, 0.3) is 16.7 Å². The van der Waals surface area contributed by atoms with Crippen LogP contribution in [-0.2, 0) is 13.1 Å². The van der Waals surface area contributed by atoms with E-state index in [4.69, 9.17) is 4.74 Å². The first-order chi connectivity index (χ1) is 17.0. The zero-order valence-corrected chi connectivity index (χ0v) is 20.0. The molecule has 9 nitrogen and oxygen atoms in total. The average molecular weight is 476 g/mol. The summed E-state index contributed by atoms with van der Waals surface area (Å²) >= 11 is 0. The Hall–Kier alpha value is -3.88. The minimum atomic E-state index is -0.369. The van der Waals surface area contributed by atoms with E-state index in [1.54, 1.807) is 25.3 Å². The molecule has 2 aromatic heterocycles. The smallest absolute Gasteiger partial charge is 0.352 e. The van der Waals surface area contributed by atoms with Crippen LogP contribution in [0.2, 0.25) is 0 Å². The van der Waals surface area contributed by atoms with Crippen molar-refractivity contribution in [2.75, 3.05) is 7.11 Å². The molecule has 9 heteroatoms. The minimum absolute atomic E-state index is 0.170. The molecule has 4 aromatic rings. The van der Waals surface area contributed by atoms with Gasteiger partial charge in [0.2, 0.25) is 5.78 Å². The predicted molar refractivity (Wildman–Crippen MR) is 133 cm³/mol. The summed E-state index contributed by atoms with van der Waals surface area (Å²) < 4.78 is 9.62.